The van der Waals surface area contributed by atoms with E-state index in [0.717, 1.165) is 23.7 Å². The topological polar surface area (TPSA) is 29.1 Å². The number of hydrogen-bond acceptors (Lipinski definition) is 1. The standard InChI is InChI=1S/C21H33NO/c1-14(23)22-19-10-9-17-16-8-7-15-6-4-5-12-20(15,2)18(16)11-13-21(17,19)3/h4-5,15-19H,6-13H2,1-3H3,(H,22,23)/t15-,16+,17+,18+,19+,20+,21+/m1/s1. The maximum atomic E-state index is 11.6. The fourth-order valence-electron chi connectivity index (χ4n) is 7.32. The molecule has 0 aromatic rings. The van der Waals surface area contributed by atoms with Crippen LogP contribution >= 0.6 is 0 Å². The molecule has 0 aliphatic heterocycles. The van der Waals surface area contributed by atoms with Gasteiger partial charge in [0.1, 0.15) is 0 Å². The van der Waals surface area contributed by atoms with E-state index in [2.05, 4.69) is 31.3 Å². The quantitative estimate of drug-likeness (QED) is 0.698. The lowest BCUT2D eigenvalue weighted by molar-refractivity contribution is -0.122. The molecule has 0 aromatic carbocycles. The van der Waals surface area contributed by atoms with Gasteiger partial charge in [-0.2, -0.15) is 0 Å². The van der Waals surface area contributed by atoms with Gasteiger partial charge in [0.15, 0.2) is 0 Å². The number of allylic oxidation sites excluding steroid dienone is 2. The van der Waals surface area contributed by atoms with Crippen LogP contribution in [0, 0.1) is 34.5 Å². The maximum Gasteiger partial charge on any atom is 0.217 e. The second kappa shape index (κ2) is 5.36. The fraction of sp³-hybridized carbons (Fsp3) is 0.857. The van der Waals surface area contributed by atoms with Crippen molar-refractivity contribution in [2.24, 2.45) is 34.5 Å². The second-order valence-corrected chi connectivity index (χ2v) is 9.44. The van der Waals surface area contributed by atoms with Crippen molar-refractivity contribution in [2.75, 3.05) is 0 Å². The van der Waals surface area contributed by atoms with Gasteiger partial charge >= 0.3 is 0 Å². The van der Waals surface area contributed by atoms with Crippen LogP contribution in [-0.2, 0) is 4.79 Å². The van der Waals surface area contributed by atoms with Gasteiger partial charge in [-0.3, -0.25) is 4.79 Å². The third-order valence-electron chi connectivity index (χ3n) is 8.59. The van der Waals surface area contributed by atoms with Crippen LogP contribution < -0.4 is 5.32 Å². The Morgan fingerprint density at radius 3 is 2.57 bits per heavy atom. The molecule has 0 heterocycles. The van der Waals surface area contributed by atoms with E-state index >= 15 is 0 Å². The number of fused-ring (bicyclic) bond motifs is 5. The third-order valence-corrected chi connectivity index (χ3v) is 8.59. The van der Waals surface area contributed by atoms with Crippen molar-refractivity contribution >= 4 is 5.91 Å². The molecule has 0 bridgehead atoms. The second-order valence-electron chi connectivity index (χ2n) is 9.44. The van der Waals surface area contributed by atoms with E-state index in [-0.39, 0.29) is 5.91 Å². The molecule has 0 unspecified atom stereocenters. The molecule has 0 spiro atoms. The molecule has 3 saturated carbocycles. The highest BCUT2D eigenvalue weighted by atomic mass is 16.1. The van der Waals surface area contributed by atoms with Gasteiger partial charge in [-0.1, -0.05) is 26.0 Å². The molecule has 4 aliphatic rings. The molecule has 128 valence electrons. The number of hydrogen-bond donors (Lipinski definition) is 1. The Kier molecular flexibility index (Phi) is 3.66. The van der Waals surface area contributed by atoms with E-state index in [0.29, 0.717) is 16.9 Å². The van der Waals surface area contributed by atoms with Crippen LogP contribution in [0.3, 0.4) is 0 Å². The molecule has 23 heavy (non-hydrogen) atoms. The van der Waals surface area contributed by atoms with Crippen LogP contribution in [0.2, 0.25) is 0 Å². The molecular weight excluding hydrogens is 282 g/mol. The van der Waals surface area contributed by atoms with E-state index < -0.39 is 0 Å². The highest BCUT2D eigenvalue weighted by Crippen LogP contribution is 2.65. The smallest absolute Gasteiger partial charge is 0.217 e. The Morgan fingerprint density at radius 2 is 1.78 bits per heavy atom. The Morgan fingerprint density at radius 1 is 1.00 bits per heavy atom. The number of amides is 1. The average Bonchev–Trinajstić information content (AvgIpc) is 2.83. The first-order valence-electron chi connectivity index (χ1n) is 9.87. The molecule has 0 saturated heterocycles. The maximum absolute atomic E-state index is 11.6. The van der Waals surface area contributed by atoms with E-state index in [4.69, 9.17) is 0 Å². The van der Waals surface area contributed by atoms with Gasteiger partial charge in [0.05, 0.1) is 0 Å². The normalized spacial score (nSPS) is 51.5. The molecule has 2 heteroatoms. The molecular formula is C21H33NO. The van der Waals surface area contributed by atoms with Crippen LogP contribution in [0.15, 0.2) is 12.2 Å². The number of nitrogens with one attached hydrogen (secondary N) is 1. The first-order valence-corrected chi connectivity index (χ1v) is 9.87. The Labute approximate surface area is 141 Å². The summed E-state index contributed by atoms with van der Waals surface area (Å²) in [7, 11) is 0. The summed E-state index contributed by atoms with van der Waals surface area (Å²) in [4.78, 5) is 11.6. The van der Waals surface area contributed by atoms with Crippen molar-refractivity contribution in [1.29, 1.82) is 0 Å². The molecule has 1 N–H and O–H groups in total. The van der Waals surface area contributed by atoms with Crippen LogP contribution in [0.1, 0.15) is 72.1 Å². The van der Waals surface area contributed by atoms with Crippen molar-refractivity contribution in [1.82, 2.24) is 5.32 Å². The molecule has 3 fully saturated rings. The molecule has 2 nitrogen and oxygen atoms in total. The molecule has 0 aromatic heterocycles. The Balaban J connectivity index is 1.60. The van der Waals surface area contributed by atoms with Crippen LogP contribution in [0.5, 0.6) is 0 Å². The lowest BCUT2D eigenvalue weighted by atomic mass is 9.46. The monoisotopic (exact) mass is 315 g/mol. The summed E-state index contributed by atoms with van der Waals surface area (Å²) in [5.74, 6) is 3.74. The molecule has 4 rings (SSSR count). The van der Waals surface area contributed by atoms with E-state index in [9.17, 15) is 4.79 Å². The fourth-order valence-corrected chi connectivity index (χ4v) is 7.32. The first-order chi connectivity index (χ1) is 10.9. The molecule has 0 radical (unpaired) electrons. The van der Waals surface area contributed by atoms with Crippen molar-refractivity contribution in [3.05, 3.63) is 12.2 Å². The van der Waals surface area contributed by atoms with Crippen LogP contribution in [-0.4, -0.2) is 11.9 Å². The summed E-state index contributed by atoms with van der Waals surface area (Å²) < 4.78 is 0. The Hall–Kier alpha value is -0.790. The zero-order valence-corrected chi connectivity index (χ0v) is 15.1. The van der Waals surface area contributed by atoms with Gasteiger partial charge in [-0.25, -0.2) is 0 Å². The average molecular weight is 316 g/mol. The lowest BCUT2D eigenvalue weighted by Gasteiger charge is -2.59. The molecule has 4 aliphatic carbocycles. The van der Waals surface area contributed by atoms with E-state index in [1.807, 2.05) is 0 Å². The van der Waals surface area contributed by atoms with E-state index in [1.54, 1.807) is 6.92 Å². The summed E-state index contributed by atoms with van der Waals surface area (Å²) in [6.45, 7) is 6.76. The minimum Gasteiger partial charge on any atom is -0.353 e. The summed E-state index contributed by atoms with van der Waals surface area (Å²) in [6, 6.07) is 0.419. The zero-order chi connectivity index (χ0) is 16.2. The van der Waals surface area contributed by atoms with Crippen molar-refractivity contribution in [3.8, 4) is 0 Å². The number of carbonyl (C=O) groups excluding carboxylic acids is 1. The number of carbonyl (C=O) groups is 1. The van der Waals surface area contributed by atoms with Gasteiger partial charge in [-0.15, -0.1) is 0 Å². The van der Waals surface area contributed by atoms with Crippen LogP contribution in [0.4, 0.5) is 0 Å². The van der Waals surface area contributed by atoms with Crippen molar-refractivity contribution in [3.63, 3.8) is 0 Å². The highest BCUT2D eigenvalue weighted by molar-refractivity contribution is 5.73. The lowest BCUT2D eigenvalue weighted by Crippen LogP contribution is -2.55. The largest absolute Gasteiger partial charge is 0.353 e. The third kappa shape index (κ3) is 2.23. The summed E-state index contributed by atoms with van der Waals surface area (Å²) >= 11 is 0. The highest BCUT2D eigenvalue weighted by Gasteiger charge is 2.59. The summed E-state index contributed by atoms with van der Waals surface area (Å²) in [5, 5.41) is 3.29. The summed E-state index contributed by atoms with van der Waals surface area (Å²) in [5.41, 5.74) is 0.894. The summed E-state index contributed by atoms with van der Waals surface area (Å²) in [6.07, 6.45) is 15.6. The van der Waals surface area contributed by atoms with Gasteiger partial charge in [0.2, 0.25) is 5.91 Å². The Bertz CT molecular complexity index is 526. The van der Waals surface area contributed by atoms with Gasteiger partial charge in [-0.05, 0) is 85.9 Å². The predicted octanol–water partition coefficient (Wildman–Crippen LogP) is 4.70. The molecule has 1 amide bonds. The van der Waals surface area contributed by atoms with Crippen molar-refractivity contribution in [2.45, 2.75) is 78.2 Å². The van der Waals surface area contributed by atoms with Crippen LogP contribution in [0.25, 0.3) is 0 Å². The van der Waals surface area contributed by atoms with Gasteiger partial charge in [0.25, 0.3) is 0 Å². The minimum atomic E-state index is 0.159. The van der Waals surface area contributed by atoms with Gasteiger partial charge in [0, 0.05) is 13.0 Å². The number of rotatable bonds is 1. The molecule has 7 atom stereocenters. The first kappa shape index (κ1) is 15.7. The SMILES string of the molecule is CC(=O)N[C@H]1CC[C@H]2[C@@H]3CC[C@H]4CC=CC[C@]4(C)[C@H]3CC[C@]12C. The minimum absolute atomic E-state index is 0.159. The van der Waals surface area contributed by atoms with Crippen molar-refractivity contribution < 1.29 is 4.79 Å². The van der Waals surface area contributed by atoms with Gasteiger partial charge < -0.3 is 5.32 Å². The predicted molar refractivity (Wildman–Crippen MR) is 93.9 cm³/mol. The van der Waals surface area contributed by atoms with E-state index in [1.165, 1.54) is 51.4 Å². The zero-order valence-electron chi connectivity index (χ0n) is 15.1.